The monoisotopic (exact) mass is 392 g/mol. The van der Waals surface area contributed by atoms with E-state index in [4.69, 9.17) is 18.9 Å². The standard InChI is InChI=1S/C22H20N2O5/c1-26-17-14-18(27-2)24-22(23-17)29-20(21(25)28-3)19(15-10-6-4-7-11-15)16-12-8-5-9-13-16/h4-14H,1-3H3. The van der Waals surface area contributed by atoms with Gasteiger partial charge in [-0.3, -0.25) is 0 Å². The van der Waals surface area contributed by atoms with E-state index in [1.165, 1.54) is 27.4 Å². The molecule has 3 rings (SSSR count). The second-order valence-electron chi connectivity index (χ2n) is 5.77. The van der Waals surface area contributed by atoms with E-state index in [2.05, 4.69) is 9.97 Å². The number of carbonyl (C=O) groups is 1. The van der Waals surface area contributed by atoms with Crippen molar-refractivity contribution in [2.75, 3.05) is 21.3 Å². The lowest BCUT2D eigenvalue weighted by molar-refractivity contribution is -0.138. The van der Waals surface area contributed by atoms with E-state index in [1.807, 2.05) is 60.7 Å². The van der Waals surface area contributed by atoms with Gasteiger partial charge in [-0.25, -0.2) is 4.79 Å². The van der Waals surface area contributed by atoms with Gasteiger partial charge in [0.05, 0.1) is 27.4 Å². The van der Waals surface area contributed by atoms with E-state index < -0.39 is 5.97 Å². The van der Waals surface area contributed by atoms with Crippen LogP contribution in [0.15, 0.2) is 72.5 Å². The molecule has 3 aromatic rings. The van der Waals surface area contributed by atoms with Crippen molar-refractivity contribution < 1.29 is 23.7 Å². The molecule has 0 unspecified atom stereocenters. The summed E-state index contributed by atoms with van der Waals surface area (Å²) >= 11 is 0. The molecule has 29 heavy (non-hydrogen) atoms. The summed E-state index contributed by atoms with van der Waals surface area (Å²) in [5.41, 5.74) is 2.09. The number of benzene rings is 2. The SMILES string of the molecule is COC(=O)C(Oc1nc(OC)cc(OC)n1)=C(c1ccccc1)c1ccccc1. The lowest BCUT2D eigenvalue weighted by Gasteiger charge is -2.15. The van der Waals surface area contributed by atoms with Crippen LogP contribution in [0, 0.1) is 0 Å². The molecule has 0 saturated heterocycles. The molecule has 148 valence electrons. The molecule has 7 nitrogen and oxygen atoms in total. The molecule has 7 heteroatoms. The Morgan fingerprint density at radius 2 is 1.24 bits per heavy atom. The molecule has 0 N–H and O–H groups in total. The largest absolute Gasteiger partial charge is 0.481 e. The van der Waals surface area contributed by atoms with Crippen molar-refractivity contribution in [1.82, 2.24) is 9.97 Å². The minimum absolute atomic E-state index is 0.0554. The van der Waals surface area contributed by atoms with Gasteiger partial charge in [0.15, 0.2) is 0 Å². The summed E-state index contributed by atoms with van der Waals surface area (Å²) in [5, 5.41) is 0. The summed E-state index contributed by atoms with van der Waals surface area (Å²) in [5.74, 6) is -0.257. The van der Waals surface area contributed by atoms with Gasteiger partial charge in [-0.15, -0.1) is 0 Å². The molecule has 0 aliphatic carbocycles. The third-order valence-electron chi connectivity index (χ3n) is 3.99. The summed E-state index contributed by atoms with van der Waals surface area (Å²) in [6.07, 6.45) is 0. The number of aromatic nitrogens is 2. The maximum Gasteiger partial charge on any atom is 0.374 e. The van der Waals surface area contributed by atoms with Gasteiger partial charge in [-0.2, -0.15) is 9.97 Å². The Hall–Kier alpha value is -3.87. The first-order chi connectivity index (χ1) is 14.2. The summed E-state index contributed by atoms with van der Waals surface area (Å²) in [6, 6.07) is 20.2. The zero-order valence-corrected chi connectivity index (χ0v) is 16.3. The van der Waals surface area contributed by atoms with Crippen LogP contribution in [0.5, 0.6) is 17.8 Å². The van der Waals surface area contributed by atoms with E-state index in [9.17, 15) is 4.79 Å². The van der Waals surface area contributed by atoms with Crippen molar-refractivity contribution in [3.05, 3.63) is 83.6 Å². The minimum atomic E-state index is -0.668. The number of hydrogen-bond acceptors (Lipinski definition) is 7. The van der Waals surface area contributed by atoms with Crippen LogP contribution < -0.4 is 14.2 Å². The highest BCUT2D eigenvalue weighted by Crippen LogP contribution is 2.29. The Bertz CT molecular complexity index is 940. The molecule has 0 saturated carbocycles. The molecule has 0 spiro atoms. The first kappa shape index (κ1) is 19.9. The number of rotatable bonds is 7. The molecular formula is C22H20N2O5. The molecule has 2 aromatic carbocycles. The lowest BCUT2D eigenvalue weighted by atomic mass is 9.96. The van der Waals surface area contributed by atoms with Gasteiger partial charge in [0.2, 0.25) is 17.5 Å². The second-order valence-corrected chi connectivity index (χ2v) is 5.77. The number of methoxy groups -OCH3 is 3. The van der Waals surface area contributed by atoms with Gasteiger partial charge in [0.1, 0.15) is 0 Å². The van der Waals surface area contributed by atoms with Gasteiger partial charge >= 0.3 is 12.0 Å². The average molecular weight is 392 g/mol. The van der Waals surface area contributed by atoms with Crippen LogP contribution in [0.2, 0.25) is 0 Å². The molecule has 0 atom stereocenters. The van der Waals surface area contributed by atoms with Crippen LogP contribution in [0.1, 0.15) is 11.1 Å². The van der Waals surface area contributed by atoms with E-state index in [1.54, 1.807) is 0 Å². The van der Waals surface area contributed by atoms with Crippen LogP contribution in [0.25, 0.3) is 5.57 Å². The normalized spacial score (nSPS) is 10.0. The fourth-order valence-corrected chi connectivity index (χ4v) is 2.66. The third kappa shape index (κ3) is 4.70. The van der Waals surface area contributed by atoms with Gasteiger partial charge < -0.3 is 18.9 Å². The summed E-state index contributed by atoms with van der Waals surface area (Å²) in [4.78, 5) is 21.0. The molecule has 1 heterocycles. The minimum Gasteiger partial charge on any atom is -0.481 e. The smallest absolute Gasteiger partial charge is 0.374 e. The predicted octanol–water partition coefficient (Wildman–Crippen LogP) is 3.51. The number of ether oxygens (including phenoxy) is 4. The van der Waals surface area contributed by atoms with E-state index in [0.717, 1.165) is 11.1 Å². The summed E-state index contributed by atoms with van der Waals surface area (Å²) in [6.45, 7) is 0. The molecule has 0 radical (unpaired) electrons. The molecule has 0 amide bonds. The highest BCUT2D eigenvalue weighted by atomic mass is 16.6. The van der Waals surface area contributed by atoms with Crippen molar-refractivity contribution in [3.63, 3.8) is 0 Å². The zero-order valence-electron chi connectivity index (χ0n) is 16.3. The van der Waals surface area contributed by atoms with Crippen molar-refractivity contribution in [3.8, 4) is 17.8 Å². The van der Waals surface area contributed by atoms with E-state index in [-0.39, 0.29) is 23.5 Å². The Balaban J connectivity index is 2.21. The maximum absolute atomic E-state index is 12.7. The van der Waals surface area contributed by atoms with Crippen molar-refractivity contribution >= 4 is 11.5 Å². The van der Waals surface area contributed by atoms with Gasteiger partial charge in [-0.05, 0) is 11.1 Å². The van der Waals surface area contributed by atoms with Gasteiger partial charge in [0.25, 0.3) is 0 Å². The Morgan fingerprint density at radius 3 is 1.66 bits per heavy atom. The Kier molecular flexibility index (Phi) is 6.42. The van der Waals surface area contributed by atoms with Crippen molar-refractivity contribution in [1.29, 1.82) is 0 Å². The molecular weight excluding hydrogens is 372 g/mol. The molecule has 0 aliphatic rings. The highest BCUT2D eigenvalue weighted by molar-refractivity contribution is 6.00. The van der Waals surface area contributed by atoms with E-state index >= 15 is 0 Å². The van der Waals surface area contributed by atoms with Crippen molar-refractivity contribution in [2.45, 2.75) is 0 Å². The fourth-order valence-electron chi connectivity index (χ4n) is 2.66. The number of carbonyl (C=O) groups excluding carboxylic acids is 1. The van der Waals surface area contributed by atoms with Crippen LogP contribution in [-0.4, -0.2) is 37.3 Å². The van der Waals surface area contributed by atoms with Crippen LogP contribution in [0.4, 0.5) is 0 Å². The first-order valence-corrected chi connectivity index (χ1v) is 8.74. The van der Waals surface area contributed by atoms with Crippen LogP contribution in [-0.2, 0) is 9.53 Å². The number of nitrogens with zero attached hydrogens (tertiary/aromatic N) is 2. The third-order valence-corrected chi connectivity index (χ3v) is 3.99. The topological polar surface area (TPSA) is 79.8 Å². The molecule has 1 aromatic heterocycles. The maximum atomic E-state index is 12.7. The highest BCUT2D eigenvalue weighted by Gasteiger charge is 2.23. The number of hydrogen-bond donors (Lipinski definition) is 0. The number of esters is 1. The van der Waals surface area contributed by atoms with Crippen LogP contribution in [0.3, 0.4) is 0 Å². The zero-order chi connectivity index (χ0) is 20.6. The fraction of sp³-hybridized carbons (Fsp3) is 0.136. The van der Waals surface area contributed by atoms with Crippen LogP contribution >= 0.6 is 0 Å². The van der Waals surface area contributed by atoms with E-state index in [0.29, 0.717) is 5.57 Å². The molecule has 0 bridgehead atoms. The van der Waals surface area contributed by atoms with Crippen molar-refractivity contribution in [2.24, 2.45) is 0 Å². The summed E-state index contributed by atoms with van der Waals surface area (Å²) < 4.78 is 21.1. The Labute approximate surface area is 168 Å². The summed E-state index contributed by atoms with van der Waals surface area (Å²) in [7, 11) is 4.20. The molecule has 0 fully saturated rings. The average Bonchev–Trinajstić information content (AvgIpc) is 2.79. The first-order valence-electron chi connectivity index (χ1n) is 8.74. The Morgan fingerprint density at radius 1 is 0.759 bits per heavy atom. The lowest BCUT2D eigenvalue weighted by Crippen LogP contribution is -2.15. The quantitative estimate of drug-likeness (QED) is 0.346. The molecule has 0 aliphatic heterocycles. The predicted molar refractivity (Wildman–Crippen MR) is 107 cm³/mol. The van der Waals surface area contributed by atoms with Gasteiger partial charge in [0, 0.05) is 5.57 Å². The van der Waals surface area contributed by atoms with Gasteiger partial charge in [-0.1, -0.05) is 60.7 Å². The second kappa shape index (κ2) is 9.36.